The second-order valence-corrected chi connectivity index (χ2v) is 8.61. The molecule has 4 rings (SSSR count). The van der Waals surface area contributed by atoms with Crippen molar-refractivity contribution in [1.82, 2.24) is 15.3 Å². The smallest absolute Gasteiger partial charge is 0.381 e. The Bertz CT molecular complexity index is 1180. The third-order valence-corrected chi connectivity index (χ3v) is 6.29. The molecule has 3 N–H and O–H groups in total. The van der Waals surface area contributed by atoms with Crippen molar-refractivity contribution in [2.75, 3.05) is 13.2 Å². The van der Waals surface area contributed by atoms with Crippen LogP contribution in [0.15, 0.2) is 54.9 Å². The Hall–Kier alpha value is -3.30. The van der Waals surface area contributed by atoms with Gasteiger partial charge in [-0.05, 0) is 60.2 Å². The van der Waals surface area contributed by atoms with Gasteiger partial charge >= 0.3 is 6.18 Å². The van der Waals surface area contributed by atoms with Crippen LogP contribution in [-0.4, -0.2) is 29.1 Å². The van der Waals surface area contributed by atoms with Crippen LogP contribution in [0.4, 0.5) is 13.2 Å². The minimum atomic E-state index is -4.44. The molecule has 0 unspecified atom stereocenters. The van der Waals surface area contributed by atoms with Crippen molar-refractivity contribution in [2.24, 2.45) is 5.73 Å². The summed E-state index contributed by atoms with van der Waals surface area (Å²) in [5, 5.41) is 2.93. The van der Waals surface area contributed by atoms with Gasteiger partial charge < -0.3 is 15.8 Å². The van der Waals surface area contributed by atoms with Crippen molar-refractivity contribution in [3.63, 3.8) is 0 Å². The van der Waals surface area contributed by atoms with E-state index in [2.05, 4.69) is 15.3 Å². The first-order chi connectivity index (χ1) is 16.8. The van der Waals surface area contributed by atoms with Crippen molar-refractivity contribution in [1.29, 1.82) is 0 Å². The maximum atomic E-state index is 13.2. The number of amides is 1. The summed E-state index contributed by atoms with van der Waals surface area (Å²) >= 11 is 0. The van der Waals surface area contributed by atoms with Gasteiger partial charge in [-0.15, -0.1) is 0 Å². The number of nitrogens with zero attached hydrogens (tertiary/aromatic N) is 2. The molecule has 1 aromatic heterocycles. The number of halogens is 3. The van der Waals surface area contributed by atoms with Crippen molar-refractivity contribution in [2.45, 2.75) is 44.4 Å². The molecule has 1 amide bonds. The summed E-state index contributed by atoms with van der Waals surface area (Å²) < 4.78 is 45.0. The molecule has 0 spiro atoms. The van der Waals surface area contributed by atoms with E-state index in [1.807, 2.05) is 6.92 Å². The first-order valence-electron chi connectivity index (χ1n) is 11.5. The Morgan fingerprint density at radius 2 is 1.83 bits per heavy atom. The standard InChI is InChI=1S/C26H27F3N4O2/c1-16(33-25(34)24-13-23(31-15-32-24)19-8-10-35-11-9-19)17-2-4-18(5-3-17)22-12-21(26(27,28)29)7-6-20(22)14-30/h2-7,12-13,15-16,19H,8-11,14,30H2,1H3,(H,33,34)/t16-/m1/s1. The molecule has 0 aliphatic carbocycles. The van der Waals surface area contributed by atoms with Gasteiger partial charge in [0.15, 0.2) is 0 Å². The molecule has 2 heterocycles. The van der Waals surface area contributed by atoms with Crippen LogP contribution in [0.2, 0.25) is 0 Å². The van der Waals surface area contributed by atoms with E-state index < -0.39 is 11.7 Å². The Morgan fingerprint density at radius 3 is 2.49 bits per heavy atom. The van der Waals surface area contributed by atoms with Crippen LogP contribution in [0.25, 0.3) is 11.1 Å². The highest BCUT2D eigenvalue weighted by molar-refractivity contribution is 5.92. The number of aromatic nitrogens is 2. The zero-order chi connectivity index (χ0) is 25.0. The minimum Gasteiger partial charge on any atom is -0.381 e. The largest absolute Gasteiger partial charge is 0.416 e. The molecule has 3 aromatic rings. The average molecular weight is 485 g/mol. The maximum absolute atomic E-state index is 13.2. The van der Waals surface area contributed by atoms with E-state index in [9.17, 15) is 18.0 Å². The van der Waals surface area contributed by atoms with Crippen LogP contribution in [0, 0.1) is 0 Å². The van der Waals surface area contributed by atoms with Gasteiger partial charge in [-0.3, -0.25) is 4.79 Å². The molecule has 0 saturated carbocycles. The summed E-state index contributed by atoms with van der Waals surface area (Å²) in [6.45, 7) is 3.31. The second kappa shape index (κ2) is 10.5. The van der Waals surface area contributed by atoms with Crippen LogP contribution in [0.5, 0.6) is 0 Å². The molecule has 1 aliphatic heterocycles. The van der Waals surface area contributed by atoms with E-state index >= 15 is 0 Å². The van der Waals surface area contributed by atoms with Crippen LogP contribution >= 0.6 is 0 Å². The summed E-state index contributed by atoms with van der Waals surface area (Å²) in [6.07, 6.45) is -1.31. The summed E-state index contributed by atoms with van der Waals surface area (Å²) in [5.41, 5.74) is 8.64. The zero-order valence-corrected chi connectivity index (χ0v) is 19.3. The molecule has 6 nitrogen and oxygen atoms in total. The third kappa shape index (κ3) is 5.86. The predicted octanol–water partition coefficient (Wildman–Crippen LogP) is 5.01. The number of nitrogens with one attached hydrogen (secondary N) is 1. The quantitative estimate of drug-likeness (QED) is 0.514. The molecular weight excluding hydrogens is 457 g/mol. The van der Waals surface area contributed by atoms with Crippen molar-refractivity contribution >= 4 is 5.91 Å². The summed E-state index contributed by atoms with van der Waals surface area (Å²) in [5.74, 6) is -0.0712. The van der Waals surface area contributed by atoms with Gasteiger partial charge in [-0.2, -0.15) is 13.2 Å². The number of ether oxygens (including phenoxy) is 1. The fourth-order valence-electron chi connectivity index (χ4n) is 4.22. The van der Waals surface area contributed by atoms with Crippen molar-refractivity contribution < 1.29 is 22.7 Å². The van der Waals surface area contributed by atoms with E-state index in [0.717, 1.165) is 36.2 Å². The zero-order valence-electron chi connectivity index (χ0n) is 19.3. The number of rotatable bonds is 6. The first-order valence-corrected chi connectivity index (χ1v) is 11.5. The van der Waals surface area contributed by atoms with Gasteiger partial charge in [-0.1, -0.05) is 30.3 Å². The Kier molecular flexibility index (Phi) is 7.47. The topological polar surface area (TPSA) is 90.1 Å². The van der Waals surface area contributed by atoms with Crippen LogP contribution in [0.3, 0.4) is 0 Å². The fraction of sp³-hybridized carbons (Fsp3) is 0.346. The Balaban J connectivity index is 1.48. The molecule has 1 atom stereocenters. The highest BCUT2D eigenvalue weighted by Gasteiger charge is 2.31. The third-order valence-electron chi connectivity index (χ3n) is 6.29. The molecule has 9 heteroatoms. The van der Waals surface area contributed by atoms with E-state index in [1.165, 1.54) is 12.4 Å². The van der Waals surface area contributed by atoms with Crippen molar-refractivity contribution in [3.05, 3.63) is 82.9 Å². The lowest BCUT2D eigenvalue weighted by Crippen LogP contribution is -2.28. The maximum Gasteiger partial charge on any atom is 0.416 e. The Labute approximate surface area is 201 Å². The number of hydrogen-bond acceptors (Lipinski definition) is 5. The lowest BCUT2D eigenvalue weighted by atomic mass is 9.95. The van der Waals surface area contributed by atoms with Crippen LogP contribution in [-0.2, 0) is 17.5 Å². The summed E-state index contributed by atoms with van der Waals surface area (Å²) in [7, 11) is 0. The average Bonchev–Trinajstić information content (AvgIpc) is 2.88. The molecule has 2 aromatic carbocycles. The number of carbonyl (C=O) groups is 1. The van der Waals surface area contributed by atoms with E-state index in [0.29, 0.717) is 35.6 Å². The van der Waals surface area contributed by atoms with Crippen LogP contribution < -0.4 is 11.1 Å². The molecular formula is C26H27F3N4O2. The summed E-state index contributed by atoms with van der Waals surface area (Å²) in [4.78, 5) is 21.3. The van der Waals surface area contributed by atoms with E-state index in [4.69, 9.17) is 10.5 Å². The predicted molar refractivity (Wildman–Crippen MR) is 125 cm³/mol. The highest BCUT2D eigenvalue weighted by Crippen LogP contribution is 2.34. The fourth-order valence-corrected chi connectivity index (χ4v) is 4.22. The normalized spacial score (nSPS) is 15.6. The van der Waals surface area contributed by atoms with Crippen LogP contribution in [0.1, 0.15) is 64.6 Å². The van der Waals surface area contributed by atoms with E-state index in [-0.39, 0.29) is 24.4 Å². The van der Waals surface area contributed by atoms with Gasteiger partial charge in [0.1, 0.15) is 12.0 Å². The molecule has 1 saturated heterocycles. The van der Waals surface area contributed by atoms with Gasteiger partial charge in [-0.25, -0.2) is 9.97 Å². The van der Waals surface area contributed by atoms with Crippen molar-refractivity contribution in [3.8, 4) is 11.1 Å². The second-order valence-electron chi connectivity index (χ2n) is 8.61. The molecule has 0 bridgehead atoms. The van der Waals surface area contributed by atoms with Gasteiger partial charge in [0.2, 0.25) is 0 Å². The number of nitrogens with two attached hydrogens (primary N) is 1. The molecule has 184 valence electrons. The number of carbonyl (C=O) groups excluding carboxylic acids is 1. The monoisotopic (exact) mass is 484 g/mol. The number of benzene rings is 2. The van der Waals surface area contributed by atoms with E-state index in [1.54, 1.807) is 30.3 Å². The lowest BCUT2D eigenvalue weighted by molar-refractivity contribution is -0.137. The minimum absolute atomic E-state index is 0.122. The highest BCUT2D eigenvalue weighted by atomic mass is 19.4. The van der Waals surface area contributed by atoms with Gasteiger partial charge in [0.25, 0.3) is 5.91 Å². The van der Waals surface area contributed by atoms with Gasteiger partial charge in [0, 0.05) is 31.4 Å². The number of alkyl halides is 3. The number of hydrogen-bond donors (Lipinski definition) is 2. The molecule has 35 heavy (non-hydrogen) atoms. The molecule has 1 aliphatic rings. The molecule has 0 radical (unpaired) electrons. The molecule has 1 fully saturated rings. The summed E-state index contributed by atoms with van der Waals surface area (Å²) in [6, 6.07) is 12.0. The Morgan fingerprint density at radius 1 is 1.11 bits per heavy atom. The first kappa shape index (κ1) is 24.8. The SMILES string of the molecule is C[C@@H](NC(=O)c1cc(C2CCOCC2)ncn1)c1ccc(-c2cc(C(F)(F)F)ccc2CN)cc1. The van der Waals surface area contributed by atoms with Gasteiger partial charge in [0.05, 0.1) is 11.6 Å². The lowest BCUT2D eigenvalue weighted by Gasteiger charge is -2.21.